The molecule has 2 aromatic carbocycles. The summed E-state index contributed by atoms with van der Waals surface area (Å²) < 4.78 is 6.07. The van der Waals surface area contributed by atoms with Gasteiger partial charge in [-0.25, -0.2) is 5.84 Å². The average molecular weight is 384 g/mol. The van der Waals surface area contributed by atoms with Crippen molar-refractivity contribution in [1.29, 1.82) is 0 Å². The normalized spacial score (nSPS) is 17.4. The standard InChI is InChI=1S/C21H28N4O3/c1-2-3-12-28-19-9-8-15-6-4-5-7-16(15)17(19)14-25-11-10-23-21(27)18(25)13-20(26)24-22/h4-9,18H,2-3,10-14,22H2,1H3,(H,23,27)(H,24,26). The van der Waals surface area contributed by atoms with Gasteiger partial charge in [0.05, 0.1) is 19.1 Å². The number of nitrogens with one attached hydrogen (secondary N) is 2. The Morgan fingerprint density at radius 1 is 1.32 bits per heavy atom. The Bertz CT molecular complexity index is 840. The summed E-state index contributed by atoms with van der Waals surface area (Å²) in [5.41, 5.74) is 3.17. The lowest BCUT2D eigenvalue weighted by molar-refractivity contribution is -0.134. The van der Waals surface area contributed by atoms with Crippen LogP contribution in [-0.4, -0.2) is 42.5 Å². The third-order valence-electron chi connectivity index (χ3n) is 5.10. The van der Waals surface area contributed by atoms with E-state index >= 15 is 0 Å². The van der Waals surface area contributed by atoms with E-state index in [2.05, 4.69) is 35.9 Å². The molecule has 2 aromatic rings. The van der Waals surface area contributed by atoms with Crippen LogP contribution in [0.5, 0.6) is 5.75 Å². The van der Waals surface area contributed by atoms with E-state index < -0.39 is 6.04 Å². The number of amides is 2. The first-order chi connectivity index (χ1) is 13.6. The third kappa shape index (κ3) is 4.61. The number of rotatable bonds is 8. The van der Waals surface area contributed by atoms with Gasteiger partial charge in [-0.15, -0.1) is 0 Å². The zero-order valence-electron chi connectivity index (χ0n) is 16.2. The molecule has 1 atom stereocenters. The zero-order valence-corrected chi connectivity index (χ0v) is 16.2. The molecule has 1 aliphatic rings. The highest BCUT2D eigenvalue weighted by Crippen LogP contribution is 2.30. The minimum absolute atomic E-state index is 0.0269. The van der Waals surface area contributed by atoms with Crippen LogP contribution in [0.3, 0.4) is 0 Å². The number of nitrogens with two attached hydrogens (primary N) is 1. The number of hydrazine groups is 1. The highest BCUT2D eigenvalue weighted by atomic mass is 16.5. The number of hydrogen-bond donors (Lipinski definition) is 3. The molecule has 0 aliphatic carbocycles. The third-order valence-corrected chi connectivity index (χ3v) is 5.10. The van der Waals surface area contributed by atoms with E-state index in [1.165, 1.54) is 0 Å². The van der Waals surface area contributed by atoms with E-state index in [1.54, 1.807) is 0 Å². The summed E-state index contributed by atoms with van der Waals surface area (Å²) >= 11 is 0. The molecule has 0 spiro atoms. The number of carbonyl (C=O) groups is 2. The Labute approximate surface area is 165 Å². The van der Waals surface area contributed by atoms with Crippen molar-refractivity contribution < 1.29 is 14.3 Å². The highest BCUT2D eigenvalue weighted by Gasteiger charge is 2.32. The van der Waals surface area contributed by atoms with Crippen molar-refractivity contribution in [3.63, 3.8) is 0 Å². The fourth-order valence-corrected chi connectivity index (χ4v) is 3.55. The monoisotopic (exact) mass is 384 g/mol. The van der Waals surface area contributed by atoms with Gasteiger partial charge in [-0.2, -0.15) is 0 Å². The van der Waals surface area contributed by atoms with E-state index in [-0.39, 0.29) is 18.2 Å². The van der Waals surface area contributed by atoms with Crippen molar-refractivity contribution in [2.75, 3.05) is 19.7 Å². The Morgan fingerprint density at radius 3 is 2.93 bits per heavy atom. The van der Waals surface area contributed by atoms with Crippen molar-refractivity contribution in [3.05, 3.63) is 42.0 Å². The van der Waals surface area contributed by atoms with Gasteiger partial charge in [-0.3, -0.25) is 19.9 Å². The first-order valence-electron chi connectivity index (χ1n) is 9.78. The molecule has 150 valence electrons. The molecular weight excluding hydrogens is 356 g/mol. The molecule has 0 saturated carbocycles. The number of unbranched alkanes of at least 4 members (excludes halogenated alkanes) is 1. The van der Waals surface area contributed by atoms with Crippen molar-refractivity contribution in [1.82, 2.24) is 15.6 Å². The smallest absolute Gasteiger partial charge is 0.237 e. The van der Waals surface area contributed by atoms with Gasteiger partial charge in [0.15, 0.2) is 0 Å². The first kappa shape index (κ1) is 20.1. The van der Waals surface area contributed by atoms with Crippen LogP contribution in [0.4, 0.5) is 0 Å². The maximum Gasteiger partial charge on any atom is 0.237 e. The zero-order chi connectivity index (χ0) is 19.9. The van der Waals surface area contributed by atoms with Crippen LogP contribution in [0.1, 0.15) is 31.7 Å². The van der Waals surface area contributed by atoms with Gasteiger partial charge in [-0.1, -0.05) is 43.7 Å². The number of benzene rings is 2. The highest BCUT2D eigenvalue weighted by molar-refractivity contribution is 5.89. The van der Waals surface area contributed by atoms with Crippen molar-refractivity contribution in [2.24, 2.45) is 5.84 Å². The lowest BCUT2D eigenvalue weighted by Gasteiger charge is -2.35. The fourth-order valence-electron chi connectivity index (χ4n) is 3.55. The molecule has 7 heteroatoms. The number of carbonyl (C=O) groups excluding carboxylic acids is 2. The summed E-state index contributed by atoms with van der Waals surface area (Å²) in [6, 6.07) is 11.7. The fraction of sp³-hybridized carbons (Fsp3) is 0.429. The van der Waals surface area contributed by atoms with Gasteiger partial charge in [0.25, 0.3) is 0 Å². The largest absolute Gasteiger partial charge is 0.493 e. The maximum atomic E-state index is 12.4. The van der Waals surface area contributed by atoms with Gasteiger partial charge < -0.3 is 10.1 Å². The number of nitrogens with zero attached hydrogens (tertiary/aromatic N) is 1. The van der Waals surface area contributed by atoms with Crippen LogP contribution in [-0.2, 0) is 16.1 Å². The van der Waals surface area contributed by atoms with Gasteiger partial charge in [0.1, 0.15) is 5.75 Å². The van der Waals surface area contributed by atoms with Crippen LogP contribution >= 0.6 is 0 Å². The second-order valence-corrected chi connectivity index (χ2v) is 7.01. The van der Waals surface area contributed by atoms with Crippen molar-refractivity contribution in [3.8, 4) is 5.75 Å². The molecule has 28 heavy (non-hydrogen) atoms. The van der Waals surface area contributed by atoms with E-state index in [4.69, 9.17) is 10.6 Å². The maximum absolute atomic E-state index is 12.4. The van der Waals surface area contributed by atoms with Gasteiger partial charge in [0, 0.05) is 25.2 Å². The Hall–Kier alpha value is -2.64. The van der Waals surface area contributed by atoms with Crippen LogP contribution in [0.15, 0.2) is 36.4 Å². The topological polar surface area (TPSA) is 96.7 Å². The average Bonchev–Trinajstić information content (AvgIpc) is 2.71. The number of fused-ring (bicyclic) bond motifs is 1. The summed E-state index contributed by atoms with van der Waals surface area (Å²) in [7, 11) is 0. The Balaban J connectivity index is 1.92. The number of piperazine rings is 1. The SMILES string of the molecule is CCCCOc1ccc2ccccc2c1CN1CCNC(=O)C1CC(=O)NN. The molecule has 4 N–H and O–H groups in total. The summed E-state index contributed by atoms with van der Waals surface area (Å²) in [5.74, 6) is 5.56. The second-order valence-electron chi connectivity index (χ2n) is 7.01. The van der Waals surface area contributed by atoms with E-state index in [0.29, 0.717) is 26.2 Å². The van der Waals surface area contributed by atoms with Crippen molar-refractivity contribution in [2.45, 2.75) is 38.8 Å². The molecule has 1 fully saturated rings. The predicted molar refractivity (Wildman–Crippen MR) is 109 cm³/mol. The number of hydrogen-bond acceptors (Lipinski definition) is 5. The minimum atomic E-state index is -0.556. The molecule has 1 heterocycles. The number of ether oxygens (including phenoxy) is 1. The Morgan fingerprint density at radius 2 is 2.14 bits per heavy atom. The van der Waals surface area contributed by atoms with E-state index in [9.17, 15) is 9.59 Å². The predicted octanol–water partition coefficient (Wildman–Crippen LogP) is 1.70. The van der Waals surface area contributed by atoms with E-state index in [0.717, 1.165) is 34.9 Å². The molecule has 2 amide bonds. The van der Waals surface area contributed by atoms with Gasteiger partial charge in [-0.05, 0) is 23.3 Å². The van der Waals surface area contributed by atoms with Crippen molar-refractivity contribution >= 4 is 22.6 Å². The minimum Gasteiger partial charge on any atom is -0.493 e. The van der Waals surface area contributed by atoms with E-state index in [1.807, 2.05) is 23.1 Å². The van der Waals surface area contributed by atoms with Gasteiger partial charge >= 0.3 is 0 Å². The van der Waals surface area contributed by atoms with Crippen LogP contribution in [0, 0.1) is 0 Å². The molecule has 0 radical (unpaired) electrons. The summed E-state index contributed by atoms with van der Waals surface area (Å²) in [6.45, 7) is 4.52. The van der Waals surface area contributed by atoms with Crippen LogP contribution < -0.4 is 21.3 Å². The second kappa shape index (κ2) is 9.52. The van der Waals surface area contributed by atoms with Crippen LogP contribution in [0.2, 0.25) is 0 Å². The molecular formula is C21H28N4O3. The van der Waals surface area contributed by atoms with Crippen LogP contribution in [0.25, 0.3) is 10.8 Å². The molecule has 1 saturated heterocycles. The summed E-state index contributed by atoms with van der Waals surface area (Å²) in [4.78, 5) is 26.2. The Kier molecular flexibility index (Phi) is 6.84. The lowest BCUT2D eigenvalue weighted by Crippen LogP contribution is -2.56. The molecule has 7 nitrogen and oxygen atoms in total. The molecule has 1 unspecified atom stereocenters. The molecule has 3 rings (SSSR count). The van der Waals surface area contributed by atoms with Gasteiger partial charge in [0.2, 0.25) is 11.8 Å². The first-order valence-corrected chi connectivity index (χ1v) is 9.78. The molecule has 0 aromatic heterocycles. The molecule has 0 bridgehead atoms. The summed E-state index contributed by atoms with van der Waals surface area (Å²) in [6.07, 6.45) is 2.07. The summed E-state index contributed by atoms with van der Waals surface area (Å²) in [5, 5.41) is 5.06. The molecule has 1 aliphatic heterocycles. The lowest BCUT2D eigenvalue weighted by atomic mass is 10.0. The quantitative estimate of drug-likeness (QED) is 0.279.